The molecule has 1 aromatic rings. The molecule has 0 spiro atoms. The van der Waals surface area contributed by atoms with Gasteiger partial charge in [0, 0.05) is 17.0 Å². The lowest BCUT2D eigenvalue weighted by molar-refractivity contribution is 0.647. The molecule has 0 bridgehead atoms. The molecule has 3 nitrogen and oxygen atoms in total. The van der Waals surface area contributed by atoms with Crippen molar-refractivity contribution in [2.75, 3.05) is 4.90 Å². The fourth-order valence-electron chi connectivity index (χ4n) is 2.46. The Kier molecular flexibility index (Phi) is 2.59. The van der Waals surface area contributed by atoms with Crippen molar-refractivity contribution in [1.82, 2.24) is 9.97 Å². The molecule has 0 aromatic carbocycles. The summed E-state index contributed by atoms with van der Waals surface area (Å²) in [4.78, 5) is 10.9. The summed E-state index contributed by atoms with van der Waals surface area (Å²) in [6, 6.07) is 0.342. The maximum absolute atomic E-state index is 4.39. The Labute approximate surface area is 107 Å². The van der Waals surface area contributed by atoms with Gasteiger partial charge < -0.3 is 4.90 Å². The van der Waals surface area contributed by atoms with Crippen molar-refractivity contribution >= 4 is 5.82 Å². The van der Waals surface area contributed by atoms with Crippen molar-refractivity contribution in [3.63, 3.8) is 0 Å². The van der Waals surface area contributed by atoms with Gasteiger partial charge in [0.1, 0.15) is 12.1 Å². The fourth-order valence-corrected chi connectivity index (χ4v) is 2.46. The third-order valence-electron chi connectivity index (χ3n) is 3.35. The highest BCUT2D eigenvalue weighted by Crippen LogP contribution is 2.45. The summed E-state index contributed by atoms with van der Waals surface area (Å²) in [5.41, 5.74) is 3.50. The number of nitrogens with zero attached hydrogens (tertiary/aromatic N) is 3. The lowest BCUT2D eigenvalue weighted by Crippen LogP contribution is -2.37. The Morgan fingerprint density at radius 1 is 1.06 bits per heavy atom. The summed E-state index contributed by atoms with van der Waals surface area (Å²) < 4.78 is 0. The predicted molar refractivity (Wildman–Crippen MR) is 73.2 cm³/mol. The van der Waals surface area contributed by atoms with E-state index in [1.54, 1.807) is 6.33 Å². The van der Waals surface area contributed by atoms with Crippen LogP contribution >= 0.6 is 0 Å². The highest BCUT2D eigenvalue weighted by molar-refractivity contribution is 5.68. The van der Waals surface area contributed by atoms with Crippen molar-refractivity contribution in [1.29, 1.82) is 0 Å². The van der Waals surface area contributed by atoms with Crippen LogP contribution in [0.1, 0.15) is 24.2 Å². The zero-order valence-corrected chi connectivity index (χ0v) is 10.5. The summed E-state index contributed by atoms with van der Waals surface area (Å²) in [5, 5.41) is 0. The zero-order valence-electron chi connectivity index (χ0n) is 10.5. The van der Waals surface area contributed by atoms with Gasteiger partial charge in [-0.15, -0.1) is 0 Å². The van der Waals surface area contributed by atoms with E-state index in [2.05, 4.69) is 33.9 Å². The number of rotatable bonds is 1. The maximum atomic E-state index is 4.39. The number of aromatic nitrogens is 2. The normalized spacial score (nSPS) is 20.9. The van der Waals surface area contributed by atoms with E-state index in [9.17, 15) is 0 Å². The SMILES string of the molecule is Cc1ncnc2c1C(C)N2C1=CC=CC=CC=C1. The molecular formula is C15H15N3. The number of hydrogen-bond acceptors (Lipinski definition) is 3. The predicted octanol–water partition coefficient (Wildman–Crippen LogP) is 3.23. The van der Waals surface area contributed by atoms with E-state index in [0.29, 0.717) is 6.04 Å². The molecule has 0 saturated carbocycles. The first-order valence-electron chi connectivity index (χ1n) is 6.11. The first kappa shape index (κ1) is 11.0. The fraction of sp³-hybridized carbons (Fsp3) is 0.200. The zero-order chi connectivity index (χ0) is 12.5. The molecule has 0 fully saturated rings. The van der Waals surface area contributed by atoms with Gasteiger partial charge in [0.2, 0.25) is 0 Å². The number of aryl methyl sites for hydroxylation is 1. The van der Waals surface area contributed by atoms with Crippen LogP contribution in [0.25, 0.3) is 0 Å². The quantitative estimate of drug-likeness (QED) is 0.751. The Balaban J connectivity index is 2.00. The van der Waals surface area contributed by atoms with E-state index >= 15 is 0 Å². The molecule has 1 aliphatic carbocycles. The second-order valence-corrected chi connectivity index (χ2v) is 4.46. The van der Waals surface area contributed by atoms with E-state index < -0.39 is 0 Å². The molecule has 1 atom stereocenters. The number of hydrogen-bond donors (Lipinski definition) is 0. The summed E-state index contributed by atoms with van der Waals surface area (Å²) >= 11 is 0. The molecule has 2 aliphatic rings. The van der Waals surface area contributed by atoms with Crippen LogP contribution in [0, 0.1) is 6.92 Å². The van der Waals surface area contributed by atoms with E-state index in [1.165, 1.54) is 5.56 Å². The van der Waals surface area contributed by atoms with Crippen LogP contribution in [-0.4, -0.2) is 9.97 Å². The van der Waals surface area contributed by atoms with Gasteiger partial charge in [-0.05, 0) is 26.0 Å². The molecule has 3 heteroatoms. The monoisotopic (exact) mass is 237 g/mol. The molecule has 1 unspecified atom stereocenters. The van der Waals surface area contributed by atoms with Crippen molar-refractivity contribution in [3.05, 3.63) is 65.8 Å². The van der Waals surface area contributed by atoms with Gasteiger partial charge in [-0.1, -0.05) is 30.4 Å². The molecule has 18 heavy (non-hydrogen) atoms. The Hall–Kier alpha value is -2.16. The maximum Gasteiger partial charge on any atom is 0.142 e. The molecular weight excluding hydrogens is 222 g/mol. The molecule has 1 aromatic heterocycles. The first-order valence-corrected chi connectivity index (χ1v) is 6.11. The minimum atomic E-state index is 0.342. The molecule has 0 saturated heterocycles. The lowest BCUT2D eigenvalue weighted by atomic mass is 9.95. The average Bonchev–Trinajstić information content (AvgIpc) is 2.31. The third-order valence-corrected chi connectivity index (χ3v) is 3.35. The average molecular weight is 237 g/mol. The highest BCUT2D eigenvalue weighted by Gasteiger charge is 2.35. The second-order valence-electron chi connectivity index (χ2n) is 4.46. The van der Waals surface area contributed by atoms with Crippen LogP contribution in [-0.2, 0) is 0 Å². The van der Waals surface area contributed by atoms with Crippen LogP contribution in [0.3, 0.4) is 0 Å². The second kappa shape index (κ2) is 4.26. The smallest absolute Gasteiger partial charge is 0.142 e. The number of fused-ring (bicyclic) bond motifs is 1. The molecule has 3 rings (SSSR count). The van der Waals surface area contributed by atoms with Gasteiger partial charge in [0.25, 0.3) is 0 Å². The van der Waals surface area contributed by atoms with E-state index in [0.717, 1.165) is 17.2 Å². The summed E-state index contributed by atoms with van der Waals surface area (Å²) in [7, 11) is 0. The number of allylic oxidation sites excluding steroid dienone is 7. The van der Waals surface area contributed by atoms with Crippen LogP contribution in [0.2, 0.25) is 0 Å². The summed E-state index contributed by atoms with van der Waals surface area (Å²) in [6.07, 6.45) is 16.0. The molecule has 0 radical (unpaired) electrons. The van der Waals surface area contributed by atoms with Crippen LogP contribution < -0.4 is 4.90 Å². The van der Waals surface area contributed by atoms with Gasteiger partial charge in [-0.25, -0.2) is 9.97 Å². The summed E-state index contributed by atoms with van der Waals surface area (Å²) in [6.45, 7) is 4.23. The van der Waals surface area contributed by atoms with E-state index in [1.807, 2.05) is 37.3 Å². The van der Waals surface area contributed by atoms with Crippen molar-refractivity contribution in [2.24, 2.45) is 0 Å². The molecule has 1 aliphatic heterocycles. The Morgan fingerprint density at radius 2 is 1.83 bits per heavy atom. The van der Waals surface area contributed by atoms with Crippen LogP contribution in [0.5, 0.6) is 0 Å². The molecule has 0 N–H and O–H groups in total. The van der Waals surface area contributed by atoms with Gasteiger partial charge in [0.05, 0.1) is 6.04 Å². The largest absolute Gasteiger partial charge is 0.319 e. The Morgan fingerprint density at radius 3 is 2.72 bits per heavy atom. The minimum Gasteiger partial charge on any atom is -0.319 e. The molecule has 90 valence electrons. The third kappa shape index (κ3) is 1.59. The minimum absolute atomic E-state index is 0.342. The van der Waals surface area contributed by atoms with E-state index in [-0.39, 0.29) is 0 Å². The van der Waals surface area contributed by atoms with Crippen LogP contribution in [0.4, 0.5) is 5.82 Å². The first-order chi connectivity index (χ1) is 8.79. The topological polar surface area (TPSA) is 29.0 Å². The van der Waals surface area contributed by atoms with Crippen molar-refractivity contribution in [2.45, 2.75) is 19.9 Å². The standard InChI is InChI=1S/C15H15N3/c1-11-14-12(2)18(15(14)17-10-16-11)13-8-6-4-3-5-7-9-13/h3-10,12H,1-2H3. The van der Waals surface area contributed by atoms with Gasteiger partial charge in [-0.3, -0.25) is 0 Å². The lowest BCUT2D eigenvalue weighted by Gasteiger charge is -2.42. The van der Waals surface area contributed by atoms with Gasteiger partial charge in [0.15, 0.2) is 0 Å². The van der Waals surface area contributed by atoms with Gasteiger partial charge in [-0.2, -0.15) is 0 Å². The van der Waals surface area contributed by atoms with E-state index in [4.69, 9.17) is 0 Å². The van der Waals surface area contributed by atoms with Crippen LogP contribution in [0.15, 0.2) is 54.6 Å². The Bertz CT molecular complexity index is 594. The molecule has 0 amide bonds. The van der Waals surface area contributed by atoms with Crippen molar-refractivity contribution < 1.29 is 0 Å². The molecule has 2 heterocycles. The van der Waals surface area contributed by atoms with Gasteiger partial charge >= 0.3 is 0 Å². The highest BCUT2D eigenvalue weighted by atomic mass is 15.3. The summed E-state index contributed by atoms with van der Waals surface area (Å²) in [5.74, 6) is 1.03. The van der Waals surface area contributed by atoms with Crippen molar-refractivity contribution in [3.8, 4) is 0 Å². The number of anilines is 1.